The number of nitrogens with one attached hydrogen (secondary N) is 2. The number of rotatable bonds is 0. The quantitative estimate of drug-likeness (QED) is 0.556. The first kappa shape index (κ1) is 5.22. The SMILES string of the molecule is N=c1oncc2[nH]ccc12. The minimum absolute atomic E-state index is 0.0961. The van der Waals surface area contributed by atoms with Gasteiger partial charge in [0.25, 0.3) is 5.55 Å². The van der Waals surface area contributed by atoms with Gasteiger partial charge in [-0.15, -0.1) is 0 Å². The summed E-state index contributed by atoms with van der Waals surface area (Å²) in [6.07, 6.45) is 3.30. The molecule has 4 nitrogen and oxygen atoms in total. The molecule has 0 radical (unpaired) electrons. The number of fused-ring (bicyclic) bond motifs is 1. The summed E-state index contributed by atoms with van der Waals surface area (Å²) in [6, 6.07) is 1.78. The van der Waals surface area contributed by atoms with E-state index in [0.717, 1.165) is 10.9 Å². The van der Waals surface area contributed by atoms with E-state index >= 15 is 0 Å². The zero-order chi connectivity index (χ0) is 6.97. The summed E-state index contributed by atoms with van der Waals surface area (Å²) < 4.78 is 4.60. The molecular formula is C6H5N3O. The Balaban J connectivity index is 3.09. The van der Waals surface area contributed by atoms with Crippen LogP contribution < -0.4 is 5.55 Å². The van der Waals surface area contributed by atoms with Gasteiger partial charge < -0.3 is 9.51 Å². The fourth-order valence-electron chi connectivity index (χ4n) is 0.868. The minimum atomic E-state index is 0.0961. The monoisotopic (exact) mass is 135 g/mol. The van der Waals surface area contributed by atoms with Crippen LogP contribution in [0, 0.1) is 5.41 Å². The van der Waals surface area contributed by atoms with Crippen LogP contribution in [0.2, 0.25) is 0 Å². The fraction of sp³-hybridized carbons (Fsp3) is 0. The molecule has 2 rings (SSSR count). The Hall–Kier alpha value is -1.58. The van der Waals surface area contributed by atoms with Crippen LogP contribution in [0.5, 0.6) is 0 Å². The molecule has 0 aromatic carbocycles. The maximum absolute atomic E-state index is 7.23. The van der Waals surface area contributed by atoms with Crippen LogP contribution >= 0.6 is 0 Å². The Bertz CT molecular complexity index is 400. The largest absolute Gasteiger partial charge is 0.360 e. The Morgan fingerprint density at radius 2 is 2.50 bits per heavy atom. The Labute approximate surface area is 56.0 Å². The van der Waals surface area contributed by atoms with Crippen LogP contribution in [0.1, 0.15) is 0 Å². The molecule has 4 heteroatoms. The zero-order valence-corrected chi connectivity index (χ0v) is 5.09. The molecule has 0 saturated heterocycles. The van der Waals surface area contributed by atoms with Gasteiger partial charge in [0, 0.05) is 6.20 Å². The molecule has 2 aromatic rings. The van der Waals surface area contributed by atoms with E-state index in [1.807, 2.05) is 0 Å². The highest BCUT2D eigenvalue weighted by Crippen LogP contribution is 2.02. The lowest BCUT2D eigenvalue weighted by Gasteiger charge is -1.83. The highest BCUT2D eigenvalue weighted by atomic mass is 16.5. The predicted molar refractivity (Wildman–Crippen MR) is 34.2 cm³/mol. The van der Waals surface area contributed by atoms with E-state index in [1.54, 1.807) is 18.5 Å². The summed E-state index contributed by atoms with van der Waals surface area (Å²) in [4.78, 5) is 2.92. The Kier molecular flexibility index (Phi) is 0.887. The van der Waals surface area contributed by atoms with E-state index in [0.29, 0.717) is 0 Å². The first-order valence-corrected chi connectivity index (χ1v) is 2.84. The van der Waals surface area contributed by atoms with Gasteiger partial charge in [0.05, 0.1) is 17.1 Å². The summed E-state index contributed by atoms with van der Waals surface area (Å²) >= 11 is 0. The van der Waals surface area contributed by atoms with Crippen LogP contribution in [0.15, 0.2) is 23.0 Å². The molecule has 0 saturated carbocycles. The van der Waals surface area contributed by atoms with E-state index in [2.05, 4.69) is 14.7 Å². The molecule has 0 aliphatic heterocycles. The first-order valence-electron chi connectivity index (χ1n) is 2.84. The number of H-pyrrole nitrogens is 1. The smallest absolute Gasteiger partial charge is 0.250 e. The number of nitrogens with zero attached hydrogens (tertiary/aromatic N) is 1. The molecule has 0 bridgehead atoms. The highest BCUT2D eigenvalue weighted by molar-refractivity contribution is 5.75. The van der Waals surface area contributed by atoms with Gasteiger partial charge in [-0.1, -0.05) is 5.16 Å². The summed E-state index contributed by atoms with van der Waals surface area (Å²) in [7, 11) is 0. The van der Waals surface area contributed by atoms with Gasteiger partial charge in [0.1, 0.15) is 0 Å². The van der Waals surface area contributed by atoms with Crippen molar-refractivity contribution in [2.45, 2.75) is 0 Å². The minimum Gasteiger partial charge on any atom is -0.360 e. The molecule has 0 aliphatic carbocycles. The molecule has 2 heterocycles. The molecule has 2 aromatic heterocycles. The third-order valence-corrected chi connectivity index (χ3v) is 1.35. The summed E-state index contributed by atoms with van der Waals surface area (Å²) in [5.74, 6) is 0. The molecule has 2 N–H and O–H groups in total. The molecule has 0 atom stereocenters. The lowest BCUT2D eigenvalue weighted by Crippen LogP contribution is -1.98. The van der Waals surface area contributed by atoms with Crippen molar-refractivity contribution in [3.05, 3.63) is 24.0 Å². The van der Waals surface area contributed by atoms with Crippen LogP contribution in [-0.4, -0.2) is 10.1 Å². The lowest BCUT2D eigenvalue weighted by atomic mass is 10.4. The second-order valence-corrected chi connectivity index (χ2v) is 1.96. The van der Waals surface area contributed by atoms with Gasteiger partial charge in [-0.3, -0.25) is 5.41 Å². The average Bonchev–Trinajstić information content (AvgIpc) is 2.36. The second-order valence-electron chi connectivity index (χ2n) is 1.96. The lowest BCUT2D eigenvalue weighted by molar-refractivity contribution is 0.361. The van der Waals surface area contributed by atoms with E-state index in [4.69, 9.17) is 5.41 Å². The third kappa shape index (κ3) is 0.556. The molecular weight excluding hydrogens is 130 g/mol. The van der Waals surface area contributed by atoms with Crippen molar-refractivity contribution in [2.75, 3.05) is 0 Å². The maximum Gasteiger partial charge on any atom is 0.250 e. The molecule has 0 aliphatic rings. The van der Waals surface area contributed by atoms with Gasteiger partial charge in [-0.25, -0.2) is 0 Å². The van der Waals surface area contributed by atoms with Gasteiger partial charge >= 0.3 is 0 Å². The van der Waals surface area contributed by atoms with E-state index in [-0.39, 0.29) is 5.55 Å². The van der Waals surface area contributed by atoms with E-state index in [9.17, 15) is 0 Å². The van der Waals surface area contributed by atoms with Crippen LogP contribution in [0.3, 0.4) is 0 Å². The van der Waals surface area contributed by atoms with Crippen LogP contribution in [0.25, 0.3) is 10.9 Å². The third-order valence-electron chi connectivity index (χ3n) is 1.35. The molecule has 0 fully saturated rings. The van der Waals surface area contributed by atoms with E-state index in [1.165, 1.54) is 0 Å². The van der Waals surface area contributed by atoms with Crippen molar-refractivity contribution in [2.24, 2.45) is 0 Å². The van der Waals surface area contributed by atoms with Gasteiger partial charge in [-0.05, 0) is 6.07 Å². The van der Waals surface area contributed by atoms with Gasteiger partial charge in [-0.2, -0.15) is 0 Å². The second kappa shape index (κ2) is 1.70. The standard InChI is InChI=1S/C6H5N3O/c7-6-4-1-2-8-5(4)3-9-10-6/h1-3,7-8H. The van der Waals surface area contributed by atoms with Crippen LogP contribution in [-0.2, 0) is 0 Å². The molecule has 10 heavy (non-hydrogen) atoms. The van der Waals surface area contributed by atoms with Crippen molar-refractivity contribution < 1.29 is 4.52 Å². The predicted octanol–water partition coefficient (Wildman–Crippen LogP) is 0.635. The van der Waals surface area contributed by atoms with Crippen molar-refractivity contribution in [1.82, 2.24) is 10.1 Å². The molecule has 50 valence electrons. The van der Waals surface area contributed by atoms with Crippen molar-refractivity contribution in [3.8, 4) is 0 Å². The average molecular weight is 135 g/mol. The molecule has 0 spiro atoms. The number of aromatic amines is 1. The van der Waals surface area contributed by atoms with Crippen molar-refractivity contribution in [3.63, 3.8) is 0 Å². The van der Waals surface area contributed by atoms with E-state index < -0.39 is 0 Å². The normalized spacial score (nSPS) is 10.4. The van der Waals surface area contributed by atoms with Crippen molar-refractivity contribution >= 4 is 10.9 Å². The topological polar surface area (TPSA) is 65.7 Å². The number of hydrogen-bond donors (Lipinski definition) is 2. The number of aromatic nitrogens is 2. The molecule has 0 unspecified atom stereocenters. The highest BCUT2D eigenvalue weighted by Gasteiger charge is 1.95. The maximum atomic E-state index is 7.23. The molecule has 0 amide bonds. The van der Waals surface area contributed by atoms with Gasteiger partial charge in [0.15, 0.2) is 0 Å². The summed E-state index contributed by atoms with van der Waals surface area (Å²) in [6.45, 7) is 0. The Morgan fingerprint density at radius 1 is 1.60 bits per heavy atom. The van der Waals surface area contributed by atoms with Crippen molar-refractivity contribution in [1.29, 1.82) is 5.41 Å². The van der Waals surface area contributed by atoms with Crippen LogP contribution in [0.4, 0.5) is 0 Å². The van der Waals surface area contributed by atoms with Gasteiger partial charge in [0.2, 0.25) is 0 Å². The first-order chi connectivity index (χ1) is 4.88. The summed E-state index contributed by atoms with van der Waals surface area (Å²) in [5.41, 5.74) is 0.926. The fourth-order valence-corrected chi connectivity index (χ4v) is 0.868. The number of hydrogen-bond acceptors (Lipinski definition) is 3. The Morgan fingerprint density at radius 3 is 3.30 bits per heavy atom. The zero-order valence-electron chi connectivity index (χ0n) is 5.09. The summed E-state index contributed by atoms with van der Waals surface area (Å²) in [5, 5.41) is 11.5.